The zero-order valence-corrected chi connectivity index (χ0v) is 14.9. The molecule has 1 heterocycles. The van der Waals surface area contributed by atoms with Gasteiger partial charge in [0.25, 0.3) is 0 Å². The van der Waals surface area contributed by atoms with Gasteiger partial charge in [-0.25, -0.2) is 4.79 Å². The lowest BCUT2D eigenvalue weighted by Gasteiger charge is -2.15. The Morgan fingerprint density at radius 3 is 2.54 bits per heavy atom. The standard InChI is InChI=1S/C22H20O4/c1-14-8-9-18-16(12-19(23)26-20(18)15(14)2)13-25-21(24)22(10-11-22)17-6-4-3-5-7-17/h3-9,12H,10-11,13H2,1-2H3. The van der Waals surface area contributed by atoms with Crippen molar-refractivity contribution in [2.75, 3.05) is 0 Å². The summed E-state index contributed by atoms with van der Waals surface area (Å²) in [6.07, 6.45) is 1.59. The van der Waals surface area contributed by atoms with Crippen molar-refractivity contribution in [1.29, 1.82) is 0 Å². The number of ether oxygens (including phenoxy) is 1. The van der Waals surface area contributed by atoms with E-state index in [0.29, 0.717) is 11.1 Å². The summed E-state index contributed by atoms with van der Waals surface area (Å²) in [6, 6.07) is 15.0. The van der Waals surface area contributed by atoms with Crippen LogP contribution in [0.3, 0.4) is 0 Å². The summed E-state index contributed by atoms with van der Waals surface area (Å²) in [5.41, 5.74) is 3.26. The second-order valence-corrected chi connectivity index (χ2v) is 7.00. The Kier molecular flexibility index (Phi) is 3.91. The molecule has 0 atom stereocenters. The van der Waals surface area contributed by atoms with E-state index in [9.17, 15) is 9.59 Å². The second-order valence-electron chi connectivity index (χ2n) is 7.00. The Morgan fingerprint density at radius 2 is 1.85 bits per heavy atom. The van der Waals surface area contributed by atoms with E-state index in [4.69, 9.17) is 9.15 Å². The van der Waals surface area contributed by atoms with Gasteiger partial charge in [-0.1, -0.05) is 42.5 Å². The summed E-state index contributed by atoms with van der Waals surface area (Å²) in [5.74, 6) is -0.228. The van der Waals surface area contributed by atoms with E-state index in [1.165, 1.54) is 6.07 Å². The number of rotatable bonds is 4. The van der Waals surface area contributed by atoms with Crippen molar-refractivity contribution >= 4 is 16.9 Å². The Morgan fingerprint density at radius 1 is 1.12 bits per heavy atom. The maximum Gasteiger partial charge on any atom is 0.336 e. The van der Waals surface area contributed by atoms with Gasteiger partial charge in [0.2, 0.25) is 0 Å². The van der Waals surface area contributed by atoms with Gasteiger partial charge in [-0.2, -0.15) is 0 Å². The molecule has 1 fully saturated rings. The summed E-state index contributed by atoms with van der Waals surface area (Å²) in [6.45, 7) is 3.96. The molecule has 4 heteroatoms. The first-order valence-electron chi connectivity index (χ1n) is 8.77. The van der Waals surface area contributed by atoms with Gasteiger partial charge in [-0.15, -0.1) is 0 Å². The molecule has 1 aliphatic carbocycles. The molecule has 0 unspecified atom stereocenters. The van der Waals surface area contributed by atoms with Gasteiger partial charge in [0.05, 0.1) is 5.41 Å². The first kappa shape index (κ1) is 16.6. The molecule has 4 rings (SSSR count). The van der Waals surface area contributed by atoms with Crippen LogP contribution in [-0.4, -0.2) is 5.97 Å². The minimum absolute atomic E-state index is 0.0675. The molecule has 0 bridgehead atoms. The average Bonchev–Trinajstić information content (AvgIpc) is 3.45. The lowest BCUT2D eigenvalue weighted by Crippen LogP contribution is -2.23. The van der Waals surface area contributed by atoms with Crippen LogP contribution in [0.5, 0.6) is 0 Å². The first-order chi connectivity index (χ1) is 12.5. The van der Waals surface area contributed by atoms with E-state index >= 15 is 0 Å². The third-order valence-electron chi connectivity index (χ3n) is 5.34. The number of aryl methyl sites for hydroxylation is 2. The van der Waals surface area contributed by atoms with Crippen LogP contribution < -0.4 is 5.63 Å². The van der Waals surface area contributed by atoms with E-state index in [1.54, 1.807) is 0 Å². The van der Waals surface area contributed by atoms with E-state index in [0.717, 1.165) is 34.9 Å². The maximum atomic E-state index is 12.7. The van der Waals surface area contributed by atoms with Crippen molar-refractivity contribution in [3.05, 3.63) is 81.2 Å². The quantitative estimate of drug-likeness (QED) is 0.524. The van der Waals surface area contributed by atoms with Gasteiger partial charge in [-0.3, -0.25) is 4.79 Å². The number of carbonyl (C=O) groups excluding carboxylic acids is 1. The maximum absolute atomic E-state index is 12.7. The molecule has 1 saturated carbocycles. The Labute approximate surface area is 151 Å². The SMILES string of the molecule is Cc1ccc2c(COC(=O)C3(c4ccccc4)CC3)cc(=O)oc2c1C. The summed E-state index contributed by atoms with van der Waals surface area (Å²) >= 11 is 0. The van der Waals surface area contributed by atoms with Crippen LogP contribution >= 0.6 is 0 Å². The molecule has 1 aliphatic rings. The van der Waals surface area contributed by atoms with E-state index in [1.807, 2.05) is 56.3 Å². The monoisotopic (exact) mass is 348 g/mol. The van der Waals surface area contributed by atoms with Crippen molar-refractivity contribution in [2.45, 2.75) is 38.7 Å². The lowest BCUT2D eigenvalue weighted by molar-refractivity contribution is -0.148. The topological polar surface area (TPSA) is 56.5 Å². The molecule has 0 amide bonds. The van der Waals surface area contributed by atoms with Crippen LogP contribution in [0.15, 0.2) is 57.7 Å². The van der Waals surface area contributed by atoms with Gasteiger partial charge in [-0.05, 0) is 43.4 Å². The molecule has 0 aliphatic heterocycles. The zero-order valence-electron chi connectivity index (χ0n) is 14.9. The Hall–Kier alpha value is -2.88. The highest BCUT2D eigenvalue weighted by Crippen LogP contribution is 2.49. The summed E-state index contributed by atoms with van der Waals surface area (Å²) in [5, 5.41) is 0.810. The van der Waals surface area contributed by atoms with Gasteiger partial charge in [0.1, 0.15) is 12.2 Å². The smallest absolute Gasteiger partial charge is 0.336 e. The average molecular weight is 348 g/mol. The molecule has 132 valence electrons. The number of hydrogen-bond acceptors (Lipinski definition) is 4. The van der Waals surface area contributed by atoms with E-state index < -0.39 is 11.0 Å². The van der Waals surface area contributed by atoms with Crippen molar-refractivity contribution in [1.82, 2.24) is 0 Å². The lowest BCUT2D eigenvalue weighted by atomic mass is 9.96. The Bertz CT molecular complexity index is 1040. The fourth-order valence-electron chi connectivity index (χ4n) is 3.42. The molecule has 2 aromatic carbocycles. The van der Waals surface area contributed by atoms with Crippen LogP contribution in [0.1, 0.15) is 35.1 Å². The number of hydrogen-bond donors (Lipinski definition) is 0. The van der Waals surface area contributed by atoms with Crippen LogP contribution in [-0.2, 0) is 21.6 Å². The fourth-order valence-corrected chi connectivity index (χ4v) is 3.42. The van der Waals surface area contributed by atoms with Crippen LogP contribution in [0.4, 0.5) is 0 Å². The molecule has 0 spiro atoms. The predicted molar refractivity (Wildman–Crippen MR) is 99.1 cm³/mol. The molecule has 0 N–H and O–H groups in total. The van der Waals surface area contributed by atoms with Crippen molar-refractivity contribution in [2.24, 2.45) is 0 Å². The van der Waals surface area contributed by atoms with Crippen molar-refractivity contribution in [3.8, 4) is 0 Å². The largest absolute Gasteiger partial charge is 0.460 e. The van der Waals surface area contributed by atoms with Crippen LogP contribution in [0.25, 0.3) is 11.0 Å². The molecule has 26 heavy (non-hydrogen) atoms. The van der Waals surface area contributed by atoms with Gasteiger partial charge >= 0.3 is 11.6 Å². The third-order valence-corrected chi connectivity index (χ3v) is 5.34. The number of fused-ring (bicyclic) bond motifs is 1. The van der Waals surface area contributed by atoms with Gasteiger partial charge < -0.3 is 9.15 Å². The van der Waals surface area contributed by atoms with Crippen molar-refractivity contribution in [3.63, 3.8) is 0 Å². The normalized spacial score (nSPS) is 15.0. The fraction of sp³-hybridized carbons (Fsp3) is 0.273. The molecular weight excluding hydrogens is 328 g/mol. The van der Waals surface area contributed by atoms with Crippen LogP contribution in [0.2, 0.25) is 0 Å². The highest BCUT2D eigenvalue weighted by Gasteiger charge is 2.52. The molecule has 1 aromatic heterocycles. The van der Waals surface area contributed by atoms with E-state index in [-0.39, 0.29) is 12.6 Å². The molecule has 0 radical (unpaired) electrons. The molecule has 3 aromatic rings. The number of carbonyl (C=O) groups is 1. The summed E-state index contributed by atoms with van der Waals surface area (Å²) < 4.78 is 11.0. The minimum Gasteiger partial charge on any atom is -0.460 e. The van der Waals surface area contributed by atoms with E-state index in [2.05, 4.69) is 0 Å². The van der Waals surface area contributed by atoms with Gasteiger partial charge in [0, 0.05) is 17.0 Å². The molecule has 4 nitrogen and oxygen atoms in total. The van der Waals surface area contributed by atoms with Gasteiger partial charge in [0.15, 0.2) is 0 Å². The Balaban J connectivity index is 1.62. The third kappa shape index (κ3) is 2.71. The molecule has 0 saturated heterocycles. The highest BCUT2D eigenvalue weighted by atomic mass is 16.5. The summed E-state index contributed by atoms with van der Waals surface area (Å²) in [7, 11) is 0. The van der Waals surface area contributed by atoms with Crippen molar-refractivity contribution < 1.29 is 13.9 Å². The predicted octanol–water partition coefficient (Wildman–Crippen LogP) is 4.18. The number of benzene rings is 2. The number of esters is 1. The zero-order chi connectivity index (χ0) is 18.3. The summed E-state index contributed by atoms with van der Waals surface area (Å²) in [4.78, 5) is 24.7. The second kappa shape index (κ2) is 6.13. The first-order valence-corrected chi connectivity index (χ1v) is 8.77. The highest BCUT2D eigenvalue weighted by molar-refractivity contribution is 5.87. The van der Waals surface area contributed by atoms with Crippen LogP contribution in [0, 0.1) is 13.8 Å². The molecular formula is C22H20O4. The minimum atomic E-state index is -0.525.